The molecule has 1 saturated heterocycles. The molecular formula is C13H20ClIN2. The maximum atomic E-state index is 3.27. The Bertz CT molecular complexity index is 329. The summed E-state index contributed by atoms with van der Waals surface area (Å²) in [5.74, 6) is 0.842. The Kier molecular flexibility index (Phi) is 6.77. The van der Waals surface area contributed by atoms with Crippen LogP contribution in [-0.4, -0.2) is 31.6 Å². The Morgan fingerprint density at radius 3 is 2.71 bits per heavy atom. The van der Waals surface area contributed by atoms with Crippen molar-refractivity contribution in [2.75, 3.05) is 26.7 Å². The first-order chi connectivity index (χ1) is 7.78. The summed E-state index contributed by atoms with van der Waals surface area (Å²) in [6.07, 6.45) is 1.34. The van der Waals surface area contributed by atoms with Crippen LogP contribution in [0.4, 0.5) is 0 Å². The molecule has 1 N–H and O–H groups in total. The van der Waals surface area contributed by atoms with Gasteiger partial charge in [0.2, 0.25) is 0 Å². The van der Waals surface area contributed by atoms with Crippen LogP contribution >= 0.6 is 35.0 Å². The van der Waals surface area contributed by atoms with E-state index >= 15 is 0 Å². The van der Waals surface area contributed by atoms with Gasteiger partial charge in [-0.3, -0.25) is 4.90 Å². The molecule has 1 aliphatic rings. The summed E-state index contributed by atoms with van der Waals surface area (Å²) in [6.45, 7) is 4.76. The summed E-state index contributed by atoms with van der Waals surface area (Å²) in [7, 11) is 2.04. The SMILES string of the molecule is CNCC1CCN(Cc2ccc(I)cc2)C1.Cl. The van der Waals surface area contributed by atoms with Gasteiger partial charge in [-0.1, -0.05) is 12.1 Å². The molecule has 1 aliphatic heterocycles. The van der Waals surface area contributed by atoms with Gasteiger partial charge >= 0.3 is 0 Å². The van der Waals surface area contributed by atoms with Crippen LogP contribution in [0.25, 0.3) is 0 Å². The number of hydrogen-bond donors (Lipinski definition) is 1. The van der Waals surface area contributed by atoms with E-state index in [-0.39, 0.29) is 12.4 Å². The summed E-state index contributed by atoms with van der Waals surface area (Å²) >= 11 is 2.35. The molecule has 2 rings (SSSR count). The predicted octanol–water partition coefficient (Wildman–Crippen LogP) is 2.75. The van der Waals surface area contributed by atoms with Crippen LogP contribution in [0.2, 0.25) is 0 Å². The molecule has 1 aromatic carbocycles. The third-order valence-corrected chi connectivity index (χ3v) is 3.90. The molecule has 0 bridgehead atoms. The minimum atomic E-state index is 0. The number of likely N-dealkylation sites (tertiary alicyclic amines) is 1. The van der Waals surface area contributed by atoms with Gasteiger partial charge in [0.05, 0.1) is 0 Å². The van der Waals surface area contributed by atoms with Gasteiger partial charge in [-0.15, -0.1) is 12.4 Å². The van der Waals surface area contributed by atoms with Crippen LogP contribution in [0.1, 0.15) is 12.0 Å². The highest BCUT2D eigenvalue weighted by Gasteiger charge is 2.21. The van der Waals surface area contributed by atoms with Crippen LogP contribution in [0.15, 0.2) is 24.3 Å². The van der Waals surface area contributed by atoms with E-state index in [2.05, 4.69) is 57.1 Å². The number of nitrogens with one attached hydrogen (secondary N) is 1. The number of hydrogen-bond acceptors (Lipinski definition) is 2. The molecule has 1 aromatic rings. The molecule has 1 fully saturated rings. The van der Waals surface area contributed by atoms with Gasteiger partial charge in [0.1, 0.15) is 0 Å². The topological polar surface area (TPSA) is 15.3 Å². The van der Waals surface area contributed by atoms with Crippen molar-refractivity contribution in [3.05, 3.63) is 33.4 Å². The first-order valence-corrected chi connectivity index (χ1v) is 6.97. The summed E-state index contributed by atoms with van der Waals surface area (Å²) < 4.78 is 1.32. The fourth-order valence-corrected chi connectivity index (χ4v) is 2.72. The van der Waals surface area contributed by atoms with E-state index < -0.39 is 0 Å². The molecule has 2 nitrogen and oxygen atoms in total. The summed E-state index contributed by atoms with van der Waals surface area (Å²) in [4.78, 5) is 2.56. The van der Waals surface area contributed by atoms with Crippen LogP contribution in [0.5, 0.6) is 0 Å². The van der Waals surface area contributed by atoms with Crippen molar-refractivity contribution in [1.82, 2.24) is 10.2 Å². The molecule has 1 heterocycles. The molecule has 1 atom stereocenters. The van der Waals surface area contributed by atoms with E-state index in [0.29, 0.717) is 0 Å². The molecule has 0 aromatic heterocycles. The average Bonchev–Trinajstić information content (AvgIpc) is 2.70. The fraction of sp³-hybridized carbons (Fsp3) is 0.538. The van der Waals surface area contributed by atoms with Gasteiger partial charge in [0.15, 0.2) is 0 Å². The normalized spacial score (nSPS) is 20.2. The zero-order valence-corrected chi connectivity index (χ0v) is 13.1. The van der Waals surface area contributed by atoms with Crippen LogP contribution in [0.3, 0.4) is 0 Å². The first kappa shape index (κ1) is 15.2. The Morgan fingerprint density at radius 1 is 1.35 bits per heavy atom. The molecule has 0 spiro atoms. The van der Waals surface area contributed by atoms with Gasteiger partial charge in [0, 0.05) is 16.7 Å². The van der Waals surface area contributed by atoms with Crippen LogP contribution in [0, 0.1) is 9.49 Å². The van der Waals surface area contributed by atoms with E-state index in [0.717, 1.165) is 19.0 Å². The highest BCUT2D eigenvalue weighted by atomic mass is 127. The Hall–Kier alpha value is 0.160. The fourth-order valence-electron chi connectivity index (χ4n) is 2.36. The smallest absolute Gasteiger partial charge is 0.0233 e. The van der Waals surface area contributed by atoms with Gasteiger partial charge in [-0.05, 0) is 72.8 Å². The van der Waals surface area contributed by atoms with E-state index in [4.69, 9.17) is 0 Å². The number of halogens is 2. The standard InChI is InChI=1S/C13H19IN2.ClH/c1-15-8-12-6-7-16(10-12)9-11-2-4-13(14)5-3-11;/h2-5,12,15H,6-10H2,1H3;1H. The Morgan fingerprint density at radius 2 is 2.06 bits per heavy atom. The molecule has 0 radical (unpaired) electrons. The molecule has 0 amide bonds. The average molecular weight is 367 g/mol. The van der Waals surface area contributed by atoms with E-state index in [1.165, 1.54) is 28.6 Å². The van der Waals surface area contributed by atoms with Gasteiger partial charge in [-0.25, -0.2) is 0 Å². The van der Waals surface area contributed by atoms with Crippen molar-refractivity contribution in [2.24, 2.45) is 5.92 Å². The number of rotatable bonds is 4. The zero-order valence-electron chi connectivity index (χ0n) is 10.2. The zero-order chi connectivity index (χ0) is 11.4. The second-order valence-corrected chi connectivity index (χ2v) is 5.82. The lowest BCUT2D eigenvalue weighted by Gasteiger charge is -2.16. The largest absolute Gasteiger partial charge is 0.319 e. The summed E-state index contributed by atoms with van der Waals surface area (Å²) in [6, 6.07) is 8.87. The van der Waals surface area contributed by atoms with Gasteiger partial charge in [0.25, 0.3) is 0 Å². The molecule has 0 aliphatic carbocycles. The third-order valence-electron chi connectivity index (χ3n) is 3.18. The van der Waals surface area contributed by atoms with Crippen molar-refractivity contribution in [3.8, 4) is 0 Å². The minimum absolute atomic E-state index is 0. The molecule has 0 saturated carbocycles. The van der Waals surface area contributed by atoms with E-state index in [1.54, 1.807) is 0 Å². The lowest BCUT2D eigenvalue weighted by molar-refractivity contribution is 0.315. The van der Waals surface area contributed by atoms with Crippen molar-refractivity contribution >= 4 is 35.0 Å². The number of nitrogens with zero attached hydrogens (tertiary/aromatic N) is 1. The maximum Gasteiger partial charge on any atom is 0.0233 e. The quantitative estimate of drug-likeness (QED) is 0.824. The second-order valence-electron chi connectivity index (χ2n) is 4.57. The van der Waals surface area contributed by atoms with Crippen molar-refractivity contribution < 1.29 is 0 Å². The lowest BCUT2D eigenvalue weighted by Crippen LogP contribution is -2.24. The molecule has 1 unspecified atom stereocenters. The van der Waals surface area contributed by atoms with Crippen molar-refractivity contribution in [2.45, 2.75) is 13.0 Å². The van der Waals surface area contributed by atoms with E-state index in [1.807, 2.05) is 7.05 Å². The molecule has 96 valence electrons. The number of benzene rings is 1. The van der Waals surface area contributed by atoms with Gasteiger partial charge < -0.3 is 5.32 Å². The Labute approximate surface area is 124 Å². The summed E-state index contributed by atoms with van der Waals surface area (Å²) in [5.41, 5.74) is 1.44. The summed E-state index contributed by atoms with van der Waals surface area (Å²) in [5, 5.41) is 3.27. The third kappa shape index (κ3) is 4.73. The highest BCUT2D eigenvalue weighted by Crippen LogP contribution is 2.18. The minimum Gasteiger partial charge on any atom is -0.319 e. The van der Waals surface area contributed by atoms with Crippen molar-refractivity contribution in [3.63, 3.8) is 0 Å². The van der Waals surface area contributed by atoms with Gasteiger partial charge in [-0.2, -0.15) is 0 Å². The maximum absolute atomic E-state index is 3.27. The molecular weight excluding hydrogens is 347 g/mol. The molecule has 17 heavy (non-hydrogen) atoms. The van der Waals surface area contributed by atoms with Crippen LogP contribution < -0.4 is 5.32 Å². The highest BCUT2D eigenvalue weighted by molar-refractivity contribution is 14.1. The van der Waals surface area contributed by atoms with E-state index in [9.17, 15) is 0 Å². The van der Waals surface area contributed by atoms with Crippen LogP contribution in [-0.2, 0) is 6.54 Å². The first-order valence-electron chi connectivity index (χ1n) is 5.89. The predicted molar refractivity (Wildman–Crippen MR) is 83.7 cm³/mol. The van der Waals surface area contributed by atoms with Crippen molar-refractivity contribution in [1.29, 1.82) is 0 Å². The second kappa shape index (κ2) is 7.56. The lowest BCUT2D eigenvalue weighted by atomic mass is 10.1. The molecule has 4 heteroatoms. The monoisotopic (exact) mass is 366 g/mol. The Balaban J connectivity index is 0.00000144.